The number of hydrogen-bond acceptors (Lipinski definition) is 6. The van der Waals surface area contributed by atoms with Gasteiger partial charge in [-0.05, 0) is 37.1 Å². The van der Waals surface area contributed by atoms with Gasteiger partial charge in [0.15, 0.2) is 17.3 Å². The van der Waals surface area contributed by atoms with E-state index in [1.807, 2.05) is 24.3 Å². The highest BCUT2D eigenvalue weighted by molar-refractivity contribution is 6.06. The normalized spacial score (nSPS) is 13.0. The molecule has 7 heteroatoms. The molecule has 1 amide bonds. The van der Waals surface area contributed by atoms with E-state index in [1.165, 1.54) is 5.56 Å². The van der Waals surface area contributed by atoms with Crippen LogP contribution in [0.4, 0.5) is 17.3 Å². The number of anilines is 3. The Kier molecular flexibility index (Phi) is 3.45. The van der Waals surface area contributed by atoms with Gasteiger partial charge in [-0.1, -0.05) is 23.4 Å². The van der Waals surface area contributed by atoms with E-state index in [9.17, 15) is 4.79 Å². The highest BCUT2D eigenvalue weighted by atomic mass is 16.5. The Morgan fingerprint density at radius 1 is 1.17 bits per heavy atom. The van der Waals surface area contributed by atoms with Crippen LogP contribution in [-0.2, 0) is 6.42 Å². The van der Waals surface area contributed by atoms with E-state index >= 15 is 0 Å². The molecule has 1 N–H and O–H groups in total. The van der Waals surface area contributed by atoms with E-state index in [0.29, 0.717) is 29.6 Å². The molecule has 1 aliphatic heterocycles. The molecule has 1 aromatic carbocycles. The molecule has 0 unspecified atom stereocenters. The van der Waals surface area contributed by atoms with Crippen LogP contribution in [0, 0.1) is 6.92 Å². The van der Waals surface area contributed by atoms with E-state index < -0.39 is 0 Å². The molecule has 3 aromatic rings. The molecule has 120 valence electrons. The molecule has 0 atom stereocenters. The monoisotopic (exact) mass is 321 g/mol. The van der Waals surface area contributed by atoms with Crippen LogP contribution < -0.4 is 10.2 Å². The summed E-state index contributed by atoms with van der Waals surface area (Å²) in [4.78, 5) is 14.4. The molecular weight excluding hydrogens is 306 g/mol. The quantitative estimate of drug-likeness (QED) is 0.798. The number of nitrogens with one attached hydrogen (secondary N) is 1. The maximum atomic E-state index is 12.7. The summed E-state index contributed by atoms with van der Waals surface area (Å²) in [7, 11) is 0. The predicted molar refractivity (Wildman–Crippen MR) is 88.4 cm³/mol. The van der Waals surface area contributed by atoms with E-state index in [-0.39, 0.29) is 5.91 Å². The van der Waals surface area contributed by atoms with Crippen LogP contribution in [0.5, 0.6) is 0 Å². The third-order valence-electron chi connectivity index (χ3n) is 3.90. The maximum Gasteiger partial charge on any atom is 0.278 e. The molecule has 0 aliphatic carbocycles. The smallest absolute Gasteiger partial charge is 0.278 e. The van der Waals surface area contributed by atoms with Crippen molar-refractivity contribution in [3.05, 3.63) is 59.5 Å². The molecular formula is C17H15N5O2. The standard InChI is InChI=1S/C17H15N5O2/c1-11-10-16(21-24-11)18-15-7-6-13(19-20-15)17(23)22-9-8-12-4-2-3-5-14(12)22/h2-7,10H,8-9H2,1H3,(H,18,20,21). The van der Waals surface area contributed by atoms with Gasteiger partial charge >= 0.3 is 0 Å². The summed E-state index contributed by atoms with van der Waals surface area (Å²) in [5, 5.41) is 14.9. The number of fused-ring (bicyclic) bond motifs is 1. The van der Waals surface area contributed by atoms with E-state index in [1.54, 1.807) is 30.0 Å². The van der Waals surface area contributed by atoms with Crippen molar-refractivity contribution in [1.82, 2.24) is 15.4 Å². The number of aryl methyl sites for hydroxylation is 1. The first-order chi connectivity index (χ1) is 11.7. The lowest BCUT2D eigenvalue weighted by Crippen LogP contribution is -2.29. The molecule has 0 saturated carbocycles. The van der Waals surface area contributed by atoms with Gasteiger partial charge in [-0.2, -0.15) is 0 Å². The van der Waals surface area contributed by atoms with Gasteiger partial charge in [0.05, 0.1) is 0 Å². The zero-order valence-corrected chi connectivity index (χ0v) is 13.1. The number of hydrogen-bond donors (Lipinski definition) is 1. The second kappa shape index (κ2) is 5.77. The van der Waals surface area contributed by atoms with Gasteiger partial charge < -0.3 is 14.7 Å². The minimum absolute atomic E-state index is 0.142. The van der Waals surface area contributed by atoms with E-state index in [4.69, 9.17) is 4.52 Å². The zero-order chi connectivity index (χ0) is 16.5. The average molecular weight is 321 g/mol. The summed E-state index contributed by atoms with van der Waals surface area (Å²) in [6, 6.07) is 13.0. The number of aromatic nitrogens is 3. The fourth-order valence-corrected chi connectivity index (χ4v) is 2.76. The Hall–Kier alpha value is -3.22. The first-order valence-electron chi connectivity index (χ1n) is 7.64. The Bertz CT molecular complexity index is 888. The van der Waals surface area contributed by atoms with Crippen molar-refractivity contribution in [1.29, 1.82) is 0 Å². The second-order valence-electron chi connectivity index (χ2n) is 5.59. The molecule has 0 bridgehead atoms. The summed E-state index contributed by atoms with van der Waals surface area (Å²) in [6.45, 7) is 2.47. The summed E-state index contributed by atoms with van der Waals surface area (Å²) >= 11 is 0. The lowest BCUT2D eigenvalue weighted by atomic mass is 10.2. The van der Waals surface area contributed by atoms with Gasteiger partial charge in [0.1, 0.15) is 5.76 Å². The highest BCUT2D eigenvalue weighted by Gasteiger charge is 2.26. The Labute approximate surface area is 138 Å². The topological polar surface area (TPSA) is 84.2 Å². The summed E-state index contributed by atoms with van der Waals surface area (Å²) in [5.74, 6) is 1.61. The lowest BCUT2D eigenvalue weighted by Gasteiger charge is -2.16. The van der Waals surface area contributed by atoms with Gasteiger partial charge in [0, 0.05) is 18.3 Å². The summed E-state index contributed by atoms with van der Waals surface area (Å²) in [6.07, 6.45) is 0.862. The van der Waals surface area contributed by atoms with Crippen molar-refractivity contribution < 1.29 is 9.32 Å². The number of benzene rings is 1. The highest BCUT2D eigenvalue weighted by Crippen LogP contribution is 2.28. The number of amides is 1. The summed E-state index contributed by atoms with van der Waals surface area (Å²) < 4.78 is 4.98. The average Bonchev–Trinajstić information content (AvgIpc) is 3.21. The Morgan fingerprint density at radius 3 is 2.79 bits per heavy atom. The van der Waals surface area contributed by atoms with Crippen molar-refractivity contribution in [2.24, 2.45) is 0 Å². The largest absolute Gasteiger partial charge is 0.360 e. The van der Waals surface area contributed by atoms with Crippen molar-refractivity contribution >= 4 is 23.2 Å². The van der Waals surface area contributed by atoms with Crippen LogP contribution in [0.15, 0.2) is 47.0 Å². The van der Waals surface area contributed by atoms with Gasteiger partial charge in [0.25, 0.3) is 5.91 Å². The number of rotatable bonds is 3. The van der Waals surface area contributed by atoms with Gasteiger partial charge in [-0.3, -0.25) is 4.79 Å². The van der Waals surface area contributed by atoms with E-state index in [2.05, 4.69) is 20.7 Å². The molecule has 2 aromatic heterocycles. The van der Waals surface area contributed by atoms with Gasteiger partial charge in [-0.15, -0.1) is 10.2 Å². The number of carbonyl (C=O) groups excluding carboxylic acids is 1. The molecule has 1 aliphatic rings. The van der Waals surface area contributed by atoms with Gasteiger partial charge in [-0.25, -0.2) is 0 Å². The van der Waals surface area contributed by atoms with Crippen molar-refractivity contribution in [3.8, 4) is 0 Å². The molecule has 0 fully saturated rings. The van der Waals surface area contributed by atoms with Crippen molar-refractivity contribution in [2.45, 2.75) is 13.3 Å². The van der Waals surface area contributed by atoms with Crippen LogP contribution >= 0.6 is 0 Å². The summed E-state index contributed by atoms with van der Waals surface area (Å²) in [5.41, 5.74) is 2.44. The van der Waals surface area contributed by atoms with E-state index in [0.717, 1.165) is 12.1 Å². The fraction of sp³-hybridized carbons (Fsp3) is 0.176. The molecule has 4 rings (SSSR count). The molecule has 0 spiro atoms. The van der Waals surface area contributed by atoms with Crippen molar-refractivity contribution in [3.63, 3.8) is 0 Å². The fourth-order valence-electron chi connectivity index (χ4n) is 2.76. The SMILES string of the molecule is Cc1cc(Nc2ccc(C(=O)N3CCc4ccccc43)nn2)no1. The van der Waals surface area contributed by atoms with Gasteiger partial charge in [0.2, 0.25) is 0 Å². The molecule has 0 radical (unpaired) electrons. The first kappa shape index (κ1) is 14.4. The second-order valence-corrected chi connectivity index (χ2v) is 5.59. The molecule has 3 heterocycles. The third kappa shape index (κ3) is 2.60. The minimum Gasteiger partial charge on any atom is -0.360 e. The zero-order valence-electron chi connectivity index (χ0n) is 13.1. The Morgan fingerprint density at radius 2 is 2.04 bits per heavy atom. The van der Waals surface area contributed by atoms with Crippen LogP contribution in [0.25, 0.3) is 0 Å². The van der Waals surface area contributed by atoms with Crippen LogP contribution in [0.2, 0.25) is 0 Å². The van der Waals surface area contributed by atoms with Crippen LogP contribution in [0.3, 0.4) is 0 Å². The third-order valence-corrected chi connectivity index (χ3v) is 3.90. The Balaban J connectivity index is 1.52. The molecule has 24 heavy (non-hydrogen) atoms. The molecule has 7 nitrogen and oxygen atoms in total. The van der Waals surface area contributed by atoms with Crippen molar-refractivity contribution in [2.75, 3.05) is 16.8 Å². The van der Waals surface area contributed by atoms with Crippen LogP contribution in [-0.4, -0.2) is 27.8 Å². The number of nitrogens with zero attached hydrogens (tertiary/aromatic N) is 4. The maximum absolute atomic E-state index is 12.7. The lowest BCUT2D eigenvalue weighted by molar-refractivity contribution is 0.0983. The molecule has 0 saturated heterocycles. The van der Waals surface area contributed by atoms with Crippen LogP contribution in [0.1, 0.15) is 21.8 Å². The number of para-hydroxylation sites is 1. The first-order valence-corrected chi connectivity index (χ1v) is 7.64. The minimum atomic E-state index is -0.142. The number of carbonyl (C=O) groups is 1. The predicted octanol–water partition coefficient (Wildman–Crippen LogP) is 2.72.